The Hall–Kier alpha value is -2.07. The van der Waals surface area contributed by atoms with Crippen LogP contribution in [0.1, 0.15) is 21.7 Å². The van der Waals surface area contributed by atoms with Gasteiger partial charge in [0, 0.05) is 10.6 Å². The molecule has 0 aliphatic carbocycles. The number of primary amides is 1. The van der Waals surface area contributed by atoms with Gasteiger partial charge in [0.15, 0.2) is 0 Å². The predicted octanol–water partition coefficient (Wildman–Crippen LogP) is 1.74. The Balaban J connectivity index is 3.51. The standard InChI is InChI=1S/C8H9N5O/c1-4-3-6(12-13-10)7(8(9)14)5(2)11-4/h3H,1-2H3,(H2,9,14). The number of rotatable bonds is 2. The highest BCUT2D eigenvalue weighted by atomic mass is 16.1. The van der Waals surface area contributed by atoms with Crippen LogP contribution in [-0.4, -0.2) is 10.9 Å². The van der Waals surface area contributed by atoms with E-state index in [9.17, 15) is 4.79 Å². The van der Waals surface area contributed by atoms with Gasteiger partial charge in [0.05, 0.1) is 16.9 Å². The second-order valence-corrected chi connectivity index (χ2v) is 2.80. The lowest BCUT2D eigenvalue weighted by Gasteiger charge is -2.05. The molecule has 6 heteroatoms. The molecule has 6 nitrogen and oxygen atoms in total. The van der Waals surface area contributed by atoms with Gasteiger partial charge in [-0.15, -0.1) is 0 Å². The van der Waals surface area contributed by atoms with Gasteiger partial charge < -0.3 is 5.73 Å². The van der Waals surface area contributed by atoms with Crippen molar-refractivity contribution in [2.45, 2.75) is 13.8 Å². The molecule has 1 heterocycles. The SMILES string of the molecule is Cc1cc(N=[N+]=[N-])c(C(N)=O)c(C)n1. The fraction of sp³-hybridized carbons (Fsp3) is 0.250. The maximum atomic E-state index is 11.0. The minimum absolute atomic E-state index is 0.174. The molecule has 0 saturated carbocycles. The van der Waals surface area contributed by atoms with Crippen LogP contribution in [0.15, 0.2) is 11.2 Å². The number of aromatic nitrogens is 1. The first-order valence-electron chi connectivity index (χ1n) is 3.89. The Morgan fingerprint density at radius 1 is 1.64 bits per heavy atom. The fourth-order valence-electron chi connectivity index (χ4n) is 1.24. The van der Waals surface area contributed by atoms with E-state index in [1.807, 2.05) is 0 Å². The predicted molar refractivity (Wildman–Crippen MR) is 51.0 cm³/mol. The first-order valence-corrected chi connectivity index (χ1v) is 3.89. The summed E-state index contributed by atoms with van der Waals surface area (Å²) in [6, 6.07) is 1.52. The summed E-state index contributed by atoms with van der Waals surface area (Å²) in [5, 5.41) is 3.39. The molecule has 1 aromatic heterocycles. The number of hydrogen-bond acceptors (Lipinski definition) is 3. The van der Waals surface area contributed by atoms with Crippen LogP contribution >= 0.6 is 0 Å². The fourth-order valence-corrected chi connectivity index (χ4v) is 1.24. The lowest BCUT2D eigenvalue weighted by molar-refractivity contribution is 0.1000. The van der Waals surface area contributed by atoms with Crippen molar-refractivity contribution in [2.24, 2.45) is 10.8 Å². The molecule has 0 aliphatic rings. The van der Waals surface area contributed by atoms with Gasteiger partial charge in [-0.05, 0) is 25.4 Å². The van der Waals surface area contributed by atoms with Crippen LogP contribution in [-0.2, 0) is 0 Å². The van der Waals surface area contributed by atoms with Crippen molar-refractivity contribution >= 4 is 11.6 Å². The highest BCUT2D eigenvalue weighted by Gasteiger charge is 2.11. The van der Waals surface area contributed by atoms with Gasteiger partial charge in [0.1, 0.15) is 0 Å². The molecule has 0 spiro atoms. The number of nitrogens with two attached hydrogens (primary N) is 1. The Labute approximate surface area is 80.4 Å². The molecule has 0 radical (unpaired) electrons. The molecule has 14 heavy (non-hydrogen) atoms. The van der Waals surface area contributed by atoms with E-state index in [0.29, 0.717) is 11.4 Å². The number of nitrogens with zero attached hydrogens (tertiary/aromatic N) is 4. The van der Waals surface area contributed by atoms with E-state index in [4.69, 9.17) is 11.3 Å². The average molecular weight is 191 g/mol. The molecule has 1 amide bonds. The van der Waals surface area contributed by atoms with E-state index in [-0.39, 0.29) is 11.3 Å². The van der Waals surface area contributed by atoms with Crippen molar-refractivity contribution in [1.82, 2.24) is 4.98 Å². The summed E-state index contributed by atoms with van der Waals surface area (Å²) < 4.78 is 0. The van der Waals surface area contributed by atoms with Gasteiger partial charge in [-0.2, -0.15) is 0 Å². The van der Waals surface area contributed by atoms with Crippen molar-refractivity contribution in [3.05, 3.63) is 33.5 Å². The van der Waals surface area contributed by atoms with Crippen LogP contribution in [0, 0.1) is 13.8 Å². The molecule has 72 valence electrons. The molecular weight excluding hydrogens is 182 g/mol. The maximum Gasteiger partial charge on any atom is 0.251 e. The van der Waals surface area contributed by atoms with Gasteiger partial charge in [0.25, 0.3) is 5.91 Å². The zero-order chi connectivity index (χ0) is 10.7. The van der Waals surface area contributed by atoms with Crippen LogP contribution in [0.3, 0.4) is 0 Å². The molecule has 0 bridgehead atoms. The third-order valence-electron chi connectivity index (χ3n) is 1.71. The van der Waals surface area contributed by atoms with Crippen molar-refractivity contribution < 1.29 is 4.79 Å². The monoisotopic (exact) mass is 191 g/mol. The first kappa shape index (κ1) is 10.0. The third kappa shape index (κ3) is 1.81. The van der Waals surface area contributed by atoms with Crippen LogP contribution in [0.25, 0.3) is 10.4 Å². The topological polar surface area (TPSA) is 105 Å². The Bertz CT molecular complexity index is 434. The van der Waals surface area contributed by atoms with Crippen molar-refractivity contribution in [1.29, 1.82) is 0 Å². The zero-order valence-corrected chi connectivity index (χ0v) is 7.85. The van der Waals surface area contributed by atoms with E-state index in [0.717, 1.165) is 0 Å². The number of amides is 1. The van der Waals surface area contributed by atoms with E-state index in [2.05, 4.69) is 15.0 Å². The normalized spacial score (nSPS) is 9.29. The summed E-state index contributed by atoms with van der Waals surface area (Å²) in [6.45, 7) is 3.39. The number of carbonyl (C=O) groups is 1. The summed E-state index contributed by atoms with van der Waals surface area (Å²) in [5.74, 6) is -0.641. The Morgan fingerprint density at radius 3 is 2.79 bits per heavy atom. The van der Waals surface area contributed by atoms with E-state index >= 15 is 0 Å². The zero-order valence-electron chi connectivity index (χ0n) is 7.85. The van der Waals surface area contributed by atoms with Gasteiger partial charge >= 0.3 is 0 Å². The van der Waals surface area contributed by atoms with E-state index in [1.165, 1.54) is 6.07 Å². The molecule has 0 unspecified atom stereocenters. The van der Waals surface area contributed by atoms with Crippen LogP contribution in [0.2, 0.25) is 0 Å². The molecule has 0 aliphatic heterocycles. The molecule has 0 atom stereocenters. The minimum atomic E-state index is -0.641. The number of carbonyl (C=O) groups excluding carboxylic acids is 1. The largest absolute Gasteiger partial charge is 0.366 e. The Morgan fingerprint density at radius 2 is 2.29 bits per heavy atom. The quantitative estimate of drug-likeness (QED) is 0.436. The van der Waals surface area contributed by atoms with Crippen molar-refractivity contribution in [3.8, 4) is 0 Å². The van der Waals surface area contributed by atoms with Gasteiger partial charge in [-0.25, -0.2) is 0 Å². The molecule has 0 fully saturated rings. The van der Waals surface area contributed by atoms with E-state index < -0.39 is 5.91 Å². The molecule has 0 saturated heterocycles. The highest BCUT2D eigenvalue weighted by molar-refractivity contribution is 5.98. The van der Waals surface area contributed by atoms with Crippen molar-refractivity contribution in [3.63, 3.8) is 0 Å². The lowest BCUT2D eigenvalue weighted by Crippen LogP contribution is -2.14. The van der Waals surface area contributed by atoms with Crippen molar-refractivity contribution in [2.75, 3.05) is 0 Å². The lowest BCUT2D eigenvalue weighted by atomic mass is 10.1. The number of hydrogen-bond donors (Lipinski definition) is 1. The molecule has 1 rings (SSSR count). The second-order valence-electron chi connectivity index (χ2n) is 2.80. The maximum absolute atomic E-state index is 11.0. The summed E-state index contributed by atoms with van der Waals surface area (Å²) >= 11 is 0. The number of azide groups is 1. The third-order valence-corrected chi connectivity index (χ3v) is 1.71. The summed E-state index contributed by atoms with van der Waals surface area (Å²) in [7, 11) is 0. The van der Waals surface area contributed by atoms with Gasteiger partial charge in [-0.1, -0.05) is 5.11 Å². The smallest absolute Gasteiger partial charge is 0.251 e. The average Bonchev–Trinajstić information content (AvgIpc) is 2.01. The summed E-state index contributed by atoms with van der Waals surface area (Å²) in [5.41, 5.74) is 15.0. The van der Waals surface area contributed by atoms with E-state index in [1.54, 1.807) is 13.8 Å². The summed E-state index contributed by atoms with van der Waals surface area (Å²) in [6.07, 6.45) is 0. The Kier molecular flexibility index (Phi) is 2.69. The van der Waals surface area contributed by atoms with Crippen LogP contribution in [0.5, 0.6) is 0 Å². The number of aryl methyl sites for hydroxylation is 2. The van der Waals surface area contributed by atoms with Crippen LogP contribution in [0.4, 0.5) is 5.69 Å². The first-order chi connectivity index (χ1) is 6.56. The molecular formula is C8H9N5O. The highest BCUT2D eigenvalue weighted by Crippen LogP contribution is 2.22. The number of pyridine rings is 1. The second kappa shape index (κ2) is 3.76. The van der Waals surface area contributed by atoms with Crippen LogP contribution < -0.4 is 5.73 Å². The minimum Gasteiger partial charge on any atom is -0.366 e. The van der Waals surface area contributed by atoms with Gasteiger partial charge in [-0.3, -0.25) is 9.78 Å². The molecule has 1 aromatic rings. The van der Waals surface area contributed by atoms with Gasteiger partial charge in [0.2, 0.25) is 0 Å². The molecule has 0 aromatic carbocycles. The molecule has 2 N–H and O–H groups in total. The summed E-state index contributed by atoms with van der Waals surface area (Å²) in [4.78, 5) is 17.7.